The number of amides is 1. The molecule has 1 amide bonds. The average Bonchev–Trinajstić information content (AvgIpc) is 2.83. The van der Waals surface area contributed by atoms with Gasteiger partial charge < -0.3 is 14.7 Å². The Morgan fingerprint density at radius 1 is 1.06 bits per heavy atom. The molecule has 0 fully saturated rings. The van der Waals surface area contributed by atoms with Crippen LogP contribution in [0.4, 0.5) is 11.4 Å². The number of hydrogen-bond acceptors (Lipinski definition) is 5. The van der Waals surface area contributed by atoms with E-state index in [0.29, 0.717) is 33.8 Å². The Morgan fingerprint density at radius 2 is 1.79 bits per heavy atom. The van der Waals surface area contributed by atoms with E-state index in [1.165, 1.54) is 16.3 Å². The van der Waals surface area contributed by atoms with Crippen molar-refractivity contribution in [1.82, 2.24) is 4.90 Å². The SMILES string of the molecule is COc1cccc(NS(=O)(=O)N2c3ccccc3C(O)CC2c2cccc(C(=O)N(C)C)c2)c1. The number of para-hydroxylation sites is 1. The third-order valence-corrected chi connectivity index (χ3v) is 7.23. The first-order chi connectivity index (χ1) is 16.2. The molecule has 1 aliphatic rings. The van der Waals surface area contributed by atoms with E-state index in [9.17, 15) is 18.3 Å². The predicted molar refractivity (Wildman–Crippen MR) is 131 cm³/mol. The molecule has 0 saturated heterocycles. The van der Waals surface area contributed by atoms with Gasteiger partial charge in [0, 0.05) is 37.7 Å². The number of ether oxygens (including phenoxy) is 1. The van der Waals surface area contributed by atoms with E-state index in [0.717, 1.165) is 0 Å². The van der Waals surface area contributed by atoms with Gasteiger partial charge >= 0.3 is 10.2 Å². The van der Waals surface area contributed by atoms with Crippen molar-refractivity contribution in [3.05, 3.63) is 89.5 Å². The lowest BCUT2D eigenvalue weighted by molar-refractivity contribution is 0.0827. The molecule has 2 atom stereocenters. The first-order valence-electron chi connectivity index (χ1n) is 10.8. The molecule has 4 rings (SSSR count). The van der Waals surface area contributed by atoms with Crippen LogP contribution in [0.3, 0.4) is 0 Å². The van der Waals surface area contributed by atoms with Crippen LogP contribution in [-0.4, -0.2) is 45.5 Å². The van der Waals surface area contributed by atoms with Gasteiger partial charge in [-0.15, -0.1) is 0 Å². The molecule has 3 aromatic rings. The highest BCUT2D eigenvalue weighted by molar-refractivity contribution is 7.94. The lowest BCUT2D eigenvalue weighted by Crippen LogP contribution is -2.42. The van der Waals surface area contributed by atoms with Gasteiger partial charge in [-0.1, -0.05) is 36.4 Å². The molecule has 1 heterocycles. The van der Waals surface area contributed by atoms with Crippen LogP contribution in [-0.2, 0) is 10.2 Å². The predicted octanol–water partition coefficient (Wildman–Crippen LogP) is 3.74. The van der Waals surface area contributed by atoms with Crippen LogP contribution in [0, 0.1) is 0 Å². The van der Waals surface area contributed by atoms with E-state index < -0.39 is 22.4 Å². The lowest BCUT2D eigenvalue weighted by Gasteiger charge is -2.40. The minimum absolute atomic E-state index is 0.135. The second-order valence-electron chi connectivity index (χ2n) is 8.29. The molecule has 178 valence electrons. The van der Waals surface area contributed by atoms with E-state index >= 15 is 0 Å². The normalized spacial score (nSPS) is 17.6. The minimum atomic E-state index is -4.12. The number of fused-ring (bicyclic) bond motifs is 1. The van der Waals surface area contributed by atoms with Crippen LogP contribution in [0.2, 0.25) is 0 Å². The number of aliphatic hydroxyl groups is 1. The first-order valence-corrected chi connectivity index (χ1v) is 12.2. The smallest absolute Gasteiger partial charge is 0.324 e. The van der Waals surface area contributed by atoms with Crippen LogP contribution in [0.25, 0.3) is 0 Å². The molecular formula is C25H27N3O5S. The molecule has 0 bridgehead atoms. The van der Waals surface area contributed by atoms with Crippen molar-refractivity contribution >= 4 is 27.5 Å². The molecular weight excluding hydrogens is 454 g/mol. The van der Waals surface area contributed by atoms with Gasteiger partial charge in [0.2, 0.25) is 0 Å². The molecule has 2 N–H and O–H groups in total. The first kappa shape index (κ1) is 23.6. The highest BCUT2D eigenvalue weighted by Crippen LogP contribution is 2.45. The standard InChI is InChI=1S/C25H27N3O5S/c1-27(2)25(30)18-9-6-8-17(14-18)23-16-24(29)21-12-4-5-13-22(21)28(23)34(31,32)26-19-10-7-11-20(15-19)33-3/h4-15,23-24,26,29H,16H2,1-3H3. The summed E-state index contributed by atoms with van der Waals surface area (Å²) in [5.41, 5.74) is 2.30. The molecule has 1 aliphatic heterocycles. The zero-order valence-electron chi connectivity index (χ0n) is 19.2. The Kier molecular flexibility index (Phi) is 6.49. The molecule has 0 aromatic heterocycles. The summed E-state index contributed by atoms with van der Waals surface area (Å²) in [5.74, 6) is 0.323. The number of hydrogen-bond donors (Lipinski definition) is 2. The number of nitrogens with one attached hydrogen (secondary N) is 1. The van der Waals surface area contributed by atoms with Crippen molar-refractivity contribution in [2.45, 2.75) is 18.6 Å². The summed E-state index contributed by atoms with van der Waals surface area (Å²) in [6.07, 6.45) is -0.729. The van der Waals surface area contributed by atoms with Gasteiger partial charge in [0.05, 0.1) is 30.6 Å². The van der Waals surface area contributed by atoms with E-state index in [2.05, 4.69) is 4.72 Å². The lowest BCUT2D eigenvalue weighted by atomic mass is 9.90. The van der Waals surface area contributed by atoms with Gasteiger partial charge in [-0.3, -0.25) is 9.52 Å². The number of methoxy groups -OCH3 is 1. The van der Waals surface area contributed by atoms with E-state index in [-0.39, 0.29) is 12.3 Å². The number of rotatable bonds is 6. The summed E-state index contributed by atoms with van der Waals surface area (Å²) in [7, 11) is 0.699. The number of anilines is 2. The zero-order chi connectivity index (χ0) is 24.5. The molecule has 3 aromatic carbocycles. The summed E-state index contributed by atoms with van der Waals surface area (Å²) in [6.45, 7) is 0. The Balaban J connectivity index is 1.81. The van der Waals surface area contributed by atoms with Crippen molar-refractivity contribution in [1.29, 1.82) is 0 Å². The Labute approximate surface area is 199 Å². The fourth-order valence-electron chi connectivity index (χ4n) is 4.16. The van der Waals surface area contributed by atoms with Crippen LogP contribution < -0.4 is 13.8 Å². The highest BCUT2D eigenvalue weighted by atomic mass is 32.2. The van der Waals surface area contributed by atoms with Crippen LogP contribution in [0.5, 0.6) is 5.75 Å². The average molecular weight is 482 g/mol. The molecule has 8 nitrogen and oxygen atoms in total. The van der Waals surface area contributed by atoms with Crippen molar-refractivity contribution < 1.29 is 23.1 Å². The molecule has 0 saturated carbocycles. The Bertz CT molecular complexity index is 1310. The van der Waals surface area contributed by atoms with Crippen molar-refractivity contribution in [2.24, 2.45) is 0 Å². The van der Waals surface area contributed by atoms with E-state index in [1.54, 1.807) is 86.9 Å². The summed E-state index contributed by atoms with van der Waals surface area (Å²) < 4.78 is 36.6. The molecule has 0 aliphatic carbocycles. The fraction of sp³-hybridized carbons (Fsp3) is 0.240. The minimum Gasteiger partial charge on any atom is -0.497 e. The molecule has 0 radical (unpaired) electrons. The van der Waals surface area contributed by atoms with Gasteiger partial charge in [0.25, 0.3) is 5.91 Å². The van der Waals surface area contributed by atoms with Crippen molar-refractivity contribution in [3.8, 4) is 5.75 Å². The van der Waals surface area contributed by atoms with Crippen molar-refractivity contribution in [2.75, 3.05) is 30.2 Å². The largest absolute Gasteiger partial charge is 0.497 e. The van der Waals surface area contributed by atoms with Gasteiger partial charge in [-0.2, -0.15) is 8.42 Å². The Hall–Kier alpha value is -3.56. The van der Waals surface area contributed by atoms with Crippen LogP contribution in [0.1, 0.15) is 40.1 Å². The van der Waals surface area contributed by atoms with Gasteiger partial charge in [-0.25, -0.2) is 4.31 Å². The molecule has 2 unspecified atom stereocenters. The van der Waals surface area contributed by atoms with Gasteiger partial charge in [0.15, 0.2) is 0 Å². The topological polar surface area (TPSA) is 99.2 Å². The van der Waals surface area contributed by atoms with Crippen molar-refractivity contribution in [3.63, 3.8) is 0 Å². The van der Waals surface area contributed by atoms with Crippen LogP contribution in [0.15, 0.2) is 72.8 Å². The van der Waals surface area contributed by atoms with Crippen LogP contribution >= 0.6 is 0 Å². The third-order valence-electron chi connectivity index (χ3n) is 5.76. The van der Waals surface area contributed by atoms with E-state index in [1.807, 2.05) is 0 Å². The van der Waals surface area contributed by atoms with E-state index in [4.69, 9.17) is 4.74 Å². The number of nitrogens with zero attached hydrogens (tertiary/aromatic N) is 2. The summed E-state index contributed by atoms with van der Waals surface area (Å²) in [5, 5.41) is 10.9. The quantitative estimate of drug-likeness (QED) is 0.559. The number of carbonyl (C=O) groups is 1. The number of benzene rings is 3. The molecule has 0 spiro atoms. The van der Waals surface area contributed by atoms with Gasteiger partial charge in [-0.05, 0) is 35.9 Å². The monoisotopic (exact) mass is 481 g/mol. The number of aliphatic hydroxyl groups excluding tert-OH is 1. The second-order valence-corrected chi connectivity index (χ2v) is 9.83. The number of carbonyl (C=O) groups excluding carboxylic acids is 1. The summed E-state index contributed by atoms with van der Waals surface area (Å²) in [6, 6.07) is 19.7. The maximum atomic E-state index is 13.8. The molecule has 34 heavy (non-hydrogen) atoms. The second kappa shape index (κ2) is 9.36. The molecule has 9 heteroatoms. The maximum Gasteiger partial charge on any atom is 0.324 e. The summed E-state index contributed by atoms with van der Waals surface area (Å²) in [4.78, 5) is 14.0. The maximum absolute atomic E-state index is 13.8. The summed E-state index contributed by atoms with van der Waals surface area (Å²) >= 11 is 0. The fourth-order valence-corrected chi connectivity index (χ4v) is 5.65. The Morgan fingerprint density at radius 3 is 2.53 bits per heavy atom. The third kappa shape index (κ3) is 4.57. The van der Waals surface area contributed by atoms with Gasteiger partial charge in [0.1, 0.15) is 5.75 Å². The highest BCUT2D eigenvalue weighted by Gasteiger charge is 2.39. The zero-order valence-corrected chi connectivity index (χ0v) is 20.0.